The van der Waals surface area contributed by atoms with Crippen molar-refractivity contribution in [1.82, 2.24) is 9.55 Å². The summed E-state index contributed by atoms with van der Waals surface area (Å²) in [5, 5.41) is 10.0. The third-order valence-corrected chi connectivity index (χ3v) is 5.13. The van der Waals surface area contributed by atoms with E-state index in [0.29, 0.717) is 17.1 Å². The van der Waals surface area contributed by atoms with Gasteiger partial charge in [-0.1, -0.05) is 41.9 Å². The minimum absolute atomic E-state index is 0.651. The first-order chi connectivity index (χ1) is 12.7. The van der Waals surface area contributed by atoms with Crippen LogP contribution >= 0.6 is 11.6 Å². The molecule has 1 aromatic heterocycles. The van der Waals surface area contributed by atoms with Gasteiger partial charge in [0, 0.05) is 30.2 Å². The van der Waals surface area contributed by atoms with Gasteiger partial charge in [-0.3, -0.25) is 0 Å². The minimum Gasteiger partial charge on any atom is -0.364 e. The number of aryl methyl sites for hydroxylation is 2. The second-order valence-electron chi connectivity index (χ2n) is 6.51. The molecular weight excluding hydrogens is 344 g/mol. The third kappa shape index (κ3) is 3.31. The van der Waals surface area contributed by atoms with Gasteiger partial charge in [-0.2, -0.15) is 5.26 Å². The highest BCUT2D eigenvalue weighted by atomic mass is 35.5. The molecule has 4 rings (SSSR count). The second-order valence-corrected chi connectivity index (χ2v) is 6.95. The van der Waals surface area contributed by atoms with E-state index in [4.69, 9.17) is 11.6 Å². The van der Waals surface area contributed by atoms with E-state index in [-0.39, 0.29) is 0 Å². The van der Waals surface area contributed by atoms with Gasteiger partial charge in [0.2, 0.25) is 0 Å². The minimum atomic E-state index is 0.651. The molecule has 0 unspecified atom stereocenters. The topological polar surface area (TPSA) is 44.9 Å². The van der Waals surface area contributed by atoms with Gasteiger partial charge in [-0.15, -0.1) is 0 Å². The van der Waals surface area contributed by atoms with E-state index in [0.717, 1.165) is 37.3 Å². The molecule has 0 fully saturated rings. The van der Waals surface area contributed by atoms with Crippen molar-refractivity contribution < 1.29 is 0 Å². The Labute approximate surface area is 158 Å². The Balaban J connectivity index is 1.52. The van der Waals surface area contributed by atoms with Gasteiger partial charge >= 0.3 is 0 Å². The normalized spacial score (nSPS) is 13.3. The van der Waals surface area contributed by atoms with Crippen molar-refractivity contribution in [2.24, 2.45) is 0 Å². The monoisotopic (exact) mass is 362 g/mol. The number of aromatic nitrogens is 2. The molecular formula is C21H19ClN4. The molecule has 0 atom stereocenters. The second kappa shape index (κ2) is 7.23. The van der Waals surface area contributed by atoms with E-state index in [9.17, 15) is 5.26 Å². The Kier molecular flexibility index (Phi) is 4.64. The van der Waals surface area contributed by atoms with Crippen LogP contribution in [0.2, 0.25) is 5.02 Å². The summed E-state index contributed by atoms with van der Waals surface area (Å²) >= 11 is 6.14. The number of nitriles is 1. The van der Waals surface area contributed by atoms with Crippen LogP contribution in [0, 0.1) is 11.3 Å². The summed E-state index contributed by atoms with van der Waals surface area (Å²) in [4.78, 5) is 6.82. The fraction of sp³-hybridized carbons (Fsp3) is 0.238. The molecule has 5 heteroatoms. The molecule has 2 heterocycles. The Hall–Kier alpha value is -2.77. The van der Waals surface area contributed by atoms with Crippen LogP contribution in [-0.2, 0) is 25.9 Å². The molecule has 2 aromatic carbocycles. The lowest BCUT2D eigenvalue weighted by Gasteiger charge is -2.30. The van der Waals surface area contributed by atoms with Gasteiger partial charge in [-0.25, -0.2) is 4.98 Å². The van der Waals surface area contributed by atoms with Crippen LogP contribution in [0.15, 0.2) is 54.9 Å². The SMILES string of the molecule is N#Cc1ccc(Cl)cc1N1CCc2c(ncn2CCc2ccccc2)C1. The van der Waals surface area contributed by atoms with Crippen LogP contribution in [0.25, 0.3) is 0 Å². The zero-order valence-corrected chi connectivity index (χ0v) is 15.2. The average Bonchev–Trinajstić information content (AvgIpc) is 3.09. The van der Waals surface area contributed by atoms with Gasteiger partial charge in [0.05, 0.1) is 29.8 Å². The molecule has 0 saturated heterocycles. The van der Waals surface area contributed by atoms with Crippen molar-refractivity contribution in [3.63, 3.8) is 0 Å². The molecule has 3 aromatic rings. The summed E-state index contributed by atoms with van der Waals surface area (Å²) in [6.07, 6.45) is 3.86. The van der Waals surface area contributed by atoms with E-state index in [1.54, 1.807) is 12.1 Å². The van der Waals surface area contributed by atoms with Crippen molar-refractivity contribution in [3.8, 4) is 6.07 Å². The molecule has 4 nitrogen and oxygen atoms in total. The molecule has 0 spiro atoms. The predicted molar refractivity (Wildman–Crippen MR) is 103 cm³/mol. The molecule has 130 valence electrons. The van der Waals surface area contributed by atoms with Gasteiger partial charge < -0.3 is 9.47 Å². The molecule has 26 heavy (non-hydrogen) atoms. The fourth-order valence-corrected chi connectivity index (χ4v) is 3.69. The maximum atomic E-state index is 9.38. The van der Waals surface area contributed by atoms with Crippen LogP contribution in [-0.4, -0.2) is 16.1 Å². The maximum absolute atomic E-state index is 9.38. The van der Waals surface area contributed by atoms with Crippen molar-refractivity contribution in [2.45, 2.75) is 25.9 Å². The van der Waals surface area contributed by atoms with Crippen LogP contribution < -0.4 is 4.90 Å². The number of nitrogens with zero attached hydrogens (tertiary/aromatic N) is 4. The number of hydrogen-bond donors (Lipinski definition) is 0. The van der Waals surface area contributed by atoms with E-state index in [1.165, 1.54) is 11.3 Å². The lowest BCUT2D eigenvalue weighted by Crippen LogP contribution is -2.32. The number of fused-ring (bicyclic) bond motifs is 1. The largest absolute Gasteiger partial charge is 0.364 e. The van der Waals surface area contributed by atoms with Gasteiger partial charge in [0.25, 0.3) is 0 Å². The molecule has 0 saturated carbocycles. The lowest BCUT2D eigenvalue weighted by molar-refractivity contribution is 0.625. The molecule has 0 aliphatic carbocycles. The molecule has 0 N–H and O–H groups in total. The number of hydrogen-bond acceptors (Lipinski definition) is 3. The average molecular weight is 363 g/mol. The predicted octanol–water partition coefficient (Wildman–Crippen LogP) is 4.21. The highest BCUT2D eigenvalue weighted by Crippen LogP contribution is 2.29. The van der Waals surface area contributed by atoms with Gasteiger partial charge in [0.1, 0.15) is 6.07 Å². The number of anilines is 1. The van der Waals surface area contributed by atoms with Crippen molar-refractivity contribution in [3.05, 3.63) is 82.4 Å². The Bertz CT molecular complexity index is 956. The van der Waals surface area contributed by atoms with Crippen LogP contribution in [0.3, 0.4) is 0 Å². The van der Waals surface area contributed by atoms with E-state index >= 15 is 0 Å². The summed E-state index contributed by atoms with van der Waals surface area (Å²) in [5.41, 5.74) is 5.28. The van der Waals surface area contributed by atoms with Crippen LogP contribution in [0.1, 0.15) is 22.5 Å². The van der Waals surface area contributed by atoms with Crippen LogP contribution in [0.5, 0.6) is 0 Å². The summed E-state index contributed by atoms with van der Waals surface area (Å²) in [6, 6.07) is 18.2. The number of benzene rings is 2. The first kappa shape index (κ1) is 16.7. The zero-order valence-electron chi connectivity index (χ0n) is 14.4. The summed E-state index contributed by atoms with van der Waals surface area (Å²) in [7, 11) is 0. The first-order valence-corrected chi connectivity index (χ1v) is 9.14. The van der Waals surface area contributed by atoms with Crippen molar-refractivity contribution in [1.29, 1.82) is 5.26 Å². The molecule has 0 amide bonds. The summed E-state index contributed by atoms with van der Waals surface area (Å²) in [6.45, 7) is 2.51. The highest BCUT2D eigenvalue weighted by molar-refractivity contribution is 6.30. The smallest absolute Gasteiger partial charge is 0.101 e. The standard InChI is InChI=1S/C21H19ClN4/c22-18-7-6-17(13-23)21(12-18)25-11-9-20-19(14-25)24-15-26(20)10-8-16-4-2-1-3-5-16/h1-7,12,15H,8-11,14H2. The Morgan fingerprint density at radius 2 is 2.00 bits per heavy atom. The van der Waals surface area contributed by atoms with Crippen molar-refractivity contribution in [2.75, 3.05) is 11.4 Å². The van der Waals surface area contributed by atoms with E-state index in [2.05, 4.69) is 44.8 Å². The van der Waals surface area contributed by atoms with E-state index in [1.807, 2.05) is 18.5 Å². The lowest BCUT2D eigenvalue weighted by atomic mass is 10.1. The first-order valence-electron chi connectivity index (χ1n) is 8.76. The van der Waals surface area contributed by atoms with Crippen LogP contribution in [0.4, 0.5) is 5.69 Å². The third-order valence-electron chi connectivity index (χ3n) is 4.90. The molecule has 1 aliphatic heterocycles. The van der Waals surface area contributed by atoms with Gasteiger partial charge in [-0.05, 0) is 30.2 Å². The summed E-state index contributed by atoms with van der Waals surface area (Å²) < 4.78 is 2.27. The summed E-state index contributed by atoms with van der Waals surface area (Å²) in [5.74, 6) is 0. The fourth-order valence-electron chi connectivity index (χ4n) is 3.52. The van der Waals surface area contributed by atoms with Gasteiger partial charge in [0.15, 0.2) is 0 Å². The Morgan fingerprint density at radius 3 is 2.81 bits per heavy atom. The molecule has 0 radical (unpaired) electrons. The molecule has 1 aliphatic rings. The quantitative estimate of drug-likeness (QED) is 0.698. The number of imidazole rings is 1. The Morgan fingerprint density at radius 1 is 1.15 bits per heavy atom. The van der Waals surface area contributed by atoms with Crippen molar-refractivity contribution >= 4 is 17.3 Å². The maximum Gasteiger partial charge on any atom is 0.101 e. The zero-order chi connectivity index (χ0) is 17.9. The number of rotatable bonds is 4. The number of halogens is 1. The highest BCUT2D eigenvalue weighted by Gasteiger charge is 2.23. The van der Waals surface area contributed by atoms with E-state index < -0.39 is 0 Å². The molecule has 0 bridgehead atoms.